The first-order valence-electron chi connectivity index (χ1n) is 14.1. The molecule has 0 radical (unpaired) electrons. The average Bonchev–Trinajstić information content (AvgIpc) is 2.85. The molecule has 1 N–H and O–H groups in total. The van der Waals surface area contributed by atoms with Crippen molar-refractivity contribution in [2.45, 2.75) is 105 Å². The van der Waals surface area contributed by atoms with Gasteiger partial charge in [-0.15, -0.1) is 0 Å². The van der Waals surface area contributed by atoms with Crippen LogP contribution in [0.2, 0.25) is 0 Å². The van der Waals surface area contributed by atoms with Crippen molar-refractivity contribution < 1.29 is 40.9 Å². The number of phosphoric ester groups is 1. The monoisotopic (exact) mass is 588 g/mol. The van der Waals surface area contributed by atoms with Crippen LogP contribution in [0.1, 0.15) is 105 Å². The van der Waals surface area contributed by atoms with E-state index in [-0.39, 0.29) is 26.4 Å². The normalized spacial score (nSPS) is 24.9. The molecule has 0 amide bonds. The summed E-state index contributed by atoms with van der Waals surface area (Å²) in [7, 11) is -7.53. The minimum Gasteiger partial charge on any atom is -0.328 e. The maximum Gasteiger partial charge on any atom is 0.481 e. The van der Waals surface area contributed by atoms with Crippen molar-refractivity contribution in [3.63, 3.8) is 0 Å². The van der Waals surface area contributed by atoms with Crippen LogP contribution in [0.25, 0.3) is 0 Å². The Bertz CT molecular complexity index is 593. The van der Waals surface area contributed by atoms with Gasteiger partial charge in [-0.05, 0) is 24.7 Å². The second-order valence-corrected chi connectivity index (χ2v) is 15.2. The lowest BCUT2D eigenvalue weighted by atomic mass is 9.93. The number of unbranched alkanes of at least 4 members (excludes halogenated alkanes) is 8. The van der Waals surface area contributed by atoms with Crippen LogP contribution < -0.4 is 0 Å². The summed E-state index contributed by atoms with van der Waals surface area (Å²) in [5, 5.41) is 0. The number of rotatable bonds is 20. The molecule has 0 atom stereocenters. The number of phosphoric acid groups is 1. The molecule has 0 saturated carbocycles. The summed E-state index contributed by atoms with van der Waals surface area (Å²) in [6.45, 7) is 10.7. The lowest BCUT2D eigenvalue weighted by molar-refractivity contribution is -0.0695. The SMILES string of the molecule is CC(C)CCCCCCCOP(=O)(OCCCCCCCC(C)C)OP1OCC2(COP(O)OC2)CO1. The lowest BCUT2D eigenvalue weighted by Crippen LogP contribution is -2.44. The Balaban J connectivity index is 1.72. The van der Waals surface area contributed by atoms with Gasteiger partial charge in [-0.25, -0.2) is 8.88 Å². The molecule has 12 heteroatoms. The summed E-state index contributed by atoms with van der Waals surface area (Å²) in [5.74, 6) is 1.49. The molecule has 2 saturated heterocycles. The fraction of sp³-hybridized carbons (Fsp3) is 1.00. The molecule has 9 nitrogen and oxygen atoms in total. The van der Waals surface area contributed by atoms with Crippen LogP contribution in [-0.4, -0.2) is 44.5 Å². The highest BCUT2D eigenvalue weighted by Gasteiger charge is 2.45. The van der Waals surface area contributed by atoms with Gasteiger partial charge in [0.2, 0.25) is 0 Å². The van der Waals surface area contributed by atoms with Gasteiger partial charge in [0, 0.05) is 0 Å². The first-order valence-corrected chi connectivity index (χ1v) is 17.8. The van der Waals surface area contributed by atoms with Crippen molar-refractivity contribution >= 4 is 25.0 Å². The molecular weight excluding hydrogens is 537 g/mol. The molecule has 2 fully saturated rings. The molecule has 1 spiro atoms. The van der Waals surface area contributed by atoms with E-state index < -0.39 is 30.4 Å². The van der Waals surface area contributed by atoms with E-state index in [1.165, 1.54) is 38.5 Å². The van der Waals surface area contributed by atoms with Gasteiger partial charge in [0.25, 0.3) is 0 Å². The van der Waals surface area contributed by atoms with Crippen LogP contribution in [-0.2, 0) is 36.0 Å². The fourth-order valence-electron chi connectivity index (χ4n) is 4.02. The molecule has 2 aliphatic rings. The second-order valence-electron chi connectivity index (χ2n) is 11.2. The largest absolute Gasteiger partial charge is 0.481 e. The summed E-state index contributed by atoms with van der Waals surface area (Å²) in [6.07, 6.45) is 13.4. The zero-order chi connectivity index (χ0) is 27.0. The smallest absolute Gasteiger partial charge is 0.328 e. The van der Waals surface area contributed by atoms with Crippen molar-refractivity contribution in [2.24, 2.45) is 17.3 Å². The zero-order valence-electron chi connectivity index (χ0n) is 23.4. The molecule has 0 aromatic rings. The van der Waals surface area contributed by atoms with Gasteiger partial charge in [0.1, 0.15) is 0 Å². The first kappa shape index (κ1) is 34.0. The standard InChI is InChI=1S/C25H51O9P3/c1-23(2)15-11-7-5-9-13-17-32-37(27,33-18-14-10-6-8-12-16-24(3)4)34-36-30-21-25(22-31-36)19-28-35(26)29-20-25/h23-24,26H,5-22H2,1-4H3. The third-order valence-electron chi connectivity index (χ3n) is 6.43. The van der Waals surface area contributed by atoms with Crippen LogP contribution in [0.4, 0.5) is 0 Å². The highest BCUT2D eigenvalue weighted by molar-refractivity contribution is 7.59. The van der Waals surface area contributed by atoms with Crippen molar-refractivity contribution in [3.8, 4) is 0 Å². The van der Waals surface area contributed by atoms with Crippen molar-refractivity contribution in [3.05, 3.63) is 0 Å². The molecule has 0 aromatic carbocycles. The van der Waals surface area contributed by atoms with Crippen LogP contribution in [0.3, 0.4) is 0 Å². The molecular formula is C25H51O9P3. The van der Waals surface area contributed by atoms with Gasteiger partial charge in [0.05, 0.1) is 45.1 Å². The third-order valence-corrected chi connectivity index (χ3v) is 10.1. The van der Waals surface area contributed by atoms with Gasteiger partial charge >= 0.3 is 25.0 Å². The Morgan fingerprint density at radius 3 is 1.57 bits per heavy atom. The summed E-state index contributed by atoms with van der Waals surface area (Å²) >= 11 is 0. The first-order chi connectivity index (χ1) is 17.7. The quantitative estimate of drug-likeness (QED) is 0.111. The minimum atomic E-state index is -3.82. The molecule has 0 aromatic heterocycles. The van der Waals surface area contributed by atoms with Gasteiger partial charge < -0.3 is 23.0 Å². The third kappa shape index (κ3) is 15.4. The zero-order valence-corrected chi connectivity index (χ0v) is 26.1. The van der Waals surface area contributed by atoms with E-state index in [9.17, 15) is 9.46 Å². The van der Waals surface area contributed by atoms with Gasteiger partial charge in [-0.3, -0.25) is 9.05 Å². The second kappa shape index (κ2) is 19.0. The predicted octanol–water partition coefficient (Wildman–Crippen LogP) is 8.66. The molecule has 220 valence electrons. The topological polar surface area (TPSA) is 102 Å². The van der Waals surface area contributed by atoms with E-state index >= 15 is 0 Å². The highest BCUT2D eigenvalue weighted by atomic mass is 31.3. The lowest BCUT2D eigenvalue weighted by Gasteiger charge is -2.40. The molecule has 2 heterocycles. The molecule has 2 rings (SSSR count). The van der Waals surface area contributed by atoms with E-state index in [0.717, 1.165) is 50.4 Å². The Hall–Kier alpha value is 0.770. The fourth-order valence-corrected chi connectivity index (χ4v) is 7.89. The highest BCUT2D eigenvalue weighted by Crippen LogP contribution is 2.63. The number of hydrogen-bond donors (Lipinski definition) is 1. The summed E-state index contributed by atoms with van der Waals surface area (Å²) < 4.78 is 52.4. The predicted molar refractivity (Wildman–Crippen MR) is 148 cm³/mol. The van der Waals surface area contributed by atoms with Crippen LogP contribution in [0.5, 0.6) is 0 Å². The average molecular weight is 589 g/mol. The van der Waals surface area contributed by atoms with Gasteiger partial charge in [0.15, 0.2) is 0 Å². The Kier molecular flexibility index (Phi) is 17.4. The van der Waals surface area contributed by atoms with Crippen LogP contribution in [0, 0.1) is 17.3 Å². The molecule has 0 aliphatic carbocycles. The molecule has 37 heavy (non-hydrogen) atoms. The van der Waals surface area contributed by atoms with Gasteiger partial charge in [-0.1, -0.05) is 91.9 Å². The Morgan fingerprint density at radius 1 is 0.703 bits per heavy atom. The van der Waals surface area contributed by atoms with Crippen molar-refractivity contribution in [1.29, 1.82) is 0 Å². The Labute approximate surface area is 227 Å². The van der Waals surface area contributed by atoms with E-state index in [1.54, 1.807) is 0 Å². The molecule has 2 aliphatic heterocycles. The van der Waals surface area contributed by atoms with Crippen LogP contribution in [0.15, 0.2) is 0 Å². The van der Waals surface area contributed by atoms with E-state index in [1.807, 2.05) is 0 Å². The van der Waals surface area contributed by atoms with E-state index in [0.29, 0.717) is 13.2 Å². The Morgan fingerprint density at radius 2 is 1.11 bits per heavy atom. The summed E-state index contributed by atoms with van der Waals surface area (Å²) in [4.78, 5) is 9.45. The van der Waals surface area contributed by atoms with E-state index in [2.05, 4.69) is 27.7 Å². The number of hydrogen-bond acceptors (Lipinski definition) is 9. The maximum absolute atomic E-state index is 13.4. The maximum atomic E-state index is 13.4. The minimum absolute atomic E-state index is 0.259. The van der Waals surface area contributed by atoms with E-state index in [4.69, 9.17) is 31.5 Å². The molecule has 0 unspecified atom stereocenters. The van der Waals surface area contributed by atoms with Crippen molar-refractivity contribution in [2.75, 3.05) is 39.6 Å². The summed E-state index contributed by atoms with van der Waals surface area (Å²) in [5.41, 5.74) is -0.499. The van der Waals surface area contributed by atoms with Crippen molar-refractivity contribution in [1.82, 2.24) is 0 Å². The van der Waals surface area contributed by atoms with Gasteiger partial charge in [-0.2, -0.15) is 0 Å². The summed E-state index contributed by atoms with van der Waals surface area (Å²) in [6, 6.07) is 0. The molecule has 0 bridgehead atoms. The van der Waals surface area contributed by atoms with Crippen LogP contribution >= 0.6 is 25.0 Å².